The van der Waals surface area contributed by atoms with E-state index in [9.17, 15) is 0 Å². The molecule has 3 atom stereocenters. The SMILES string of the molecule is CC1=C(N(C)C2C=CC=CC2C)NC(C)C=C1. The maximum Gasteiger partial charge on any atom is 0.105 e. The zero-order valence-corrected chi connectivity index (χ0v) is 11.1. The van der Waals surface area contributed by atoms with Crippen molar-refractivity contribution >= 4 is 0 Å². The lowest BCUT2D eigenvalue weighted by Gasteiger charge is -2.37. The Morgan fingerprint density at radius 3 is 2.53 bits per heavy atom. The molecule has 0 fully saturated rings. The van der Waals surface area contributed by atoms with Gasteiger partial charge in [0.25, 0.3) is 0 Å². The van der Waals surface area contributed by atoms with Crippen LogP contribution in [0.2, 0.25) is 0 Å². The van der Waals surface area contributed by atoms with Crippen LogP contribution in [0.25, 0.3) is 0 Å². The van der Waals surface area contributed by atoms with Crippen molar-refractivity contribution < 1.29 is 0 Å². The fourth-order valence-electron chi connectivity index (χ4n) is 2.46. The van der Waals surface area contributed by atoms with Crippen LogP contribution in [-0.2, 0) is 0 Å². The van der Waals surface area contributed by atoms with E-state index in [2.05, 4.69) is 74.5 Å². The highest BCUT2D eigenvalue weighted by Crippen LogP contribution is 2.23. The summed E-state index contributed by atoms with van der Waals surface area (Å²) in [4.78, 5) is 2.35. The molecular formula is C15H22N2. The summed E-state index contributed by atoms with van der Waals surface area (Å²) in [5.74, 6) is 1.80. The Morgan fingerprint density at radius 1 is 1.12 bits per heavy atom. The molecule has 1 N–H and O–H groups in total. The van der Waals surface area contributed by atoms with Gasteiger partial charge in [0.15, 0.2) is 0 Å². The molecule has 0 aromatic carbocycles. The average Bonchev–Trinajstić information content (AvgIpc) is 2.32. The second-order valence-corrected chi connectivity index (χ2v) is 5.05. The molecule has 0 aromatic heterocycles. The topological polar surface area (TPSA) is 15.3 Å². The van der Waals surface area contributed by atoms with Gasteiger partial charge in [0.2, 0.25) is 0 Å². The fraction of sp³-hybridized carbons (Fsp3) is 0.467. The van der Waals surface area contributed by atoms with Crippen LogP contribution in [0.1, 0.15) is 20.8 Å². The third-order valence-corrected chi connectivity index (χ3v) is 3.55. The van der Waals surface area contributed by atoms with Crippen molar-refractivity contribution in [3.05, 3.63) is 47.9 Å². The van der Waals surface area contributed by atoms with Crippen molar-refractivity contribution in [2.75, 3.05) is 7.05 Å². The number of dihydropyridines is 1. The van der Waals surface area contributed by atoms with Gasteiger partial charge in [-0.3, -0.25) is 0 Å². The van der Waals surface area contributed by atoms with Crippen molar-refractivity contribution in [3.63, 3.8) is 0 Å². The Balaban J connectivity index is 2.20. The van der Waals surface area contributed by atoms with Crippen LogP contribution in [0, 0.1) is 5.92 Å². The van der Waals surface area contributed by atoms with Gasteiger partial charge in [-0.05, 0) is 25.3 Å². The van der Waals surface area contributed by atoms with Gasteiger partial charge < -0.3 is 10.2 Å². The molecule has 0 saturated carbocycles. The van der Waals surface area contributed by atoms with Crippen LogP contribution < -0.4 is 5.32 Å². The summed E-state index contributed by atoms with van der Waals surface area (Å²) in [7, 11) is 2.17. The minimum atomic E-state index is 0.412. The molecule has 3 unspecified atom stereocenters. The highest BCUT2D eigenvalue weighted by Gasteiger charge is 2.23. The molecule has 0 bridgehead atoms. The molecule has 2 aliphatic rings. The lowest BCUT2D eigenvalue weighted by Crippen LogP contribution is -2.43. The Kier molecular flexibility index (Phi) is 3.41. The van der Waals surface area contributed by atoms with Gasteiger partial charge in [0, 0.05) is 13.1 Å². The van der Waals surface area contributed by atoms with Crippen molar-refractivity contribution in [3.8, 4) is 0 Å². The fourth-order valence-corrected chi connectivity index (χ4v) is 2.46. The van der Waals surface area contributed by atoms with E-state index >= 15 is 0 Å². The molecule has 0 aromatic rings. The second kappa shape index (κ2) is 4.82. The highest BCUT2D eigenvalue weighted by molar-refractivity contribution is 5.29. The van der Waals surface area contributed by atoms with Gasteiger partial charge in [-0.25, -0.2) is 0 Å². The van der Waals surface area contributed by atoms with Crippen LogP contribution in [0.4, 0.5) is 0 Å². The van der Waals surface area contributed by atoms with Gasteiger partial charge in [0.05, 0.1) is 6.04 Å². The molecule has 17 heavy (non-hydrogen) atoms. The van der Waals surface area contributed by atoms with Crippen molar-refractivity contribution in [1.29, 1.82) is 0 Å². The third kappa shape index (κ3) is 2.46. The van der Waals surface area contributed by atoms with Crippen molar-refractivity contribution in [2.45, 2.75) is 32.9 Å². The minimum Gasteiger partial charge on any atom is -0.366 e. The molecule has 1 aliphatic heterocycles. The maximum absolute atomic E-state index is 3.54. The summed E-state index contributed by atoms with van der Waals surface area (Å²) in [6.07, 6.45) is 13.2. The van der Waals surface area contributed by atoms with E-state index in [1.54, 1.807) is 0 Å². The largest absolute Gasteiger partial charge is 0.366 e. The first kappa shape index (κ1) is 12.0. The standard InChI is InChI=1S/C15H22N2/c1-11-7-5-6-8-14(11)17(4)15-12(2)9-10-13(3)16-15/h5-11,13-14,16H,1-4H3. The number of nitrogens with one attached hydrogen (secondary N) is 1. The number of hydrogen-bond acceptors (Lipinski definition) is 2. The van der Waals surface area contributed by atoms with Gasteiger partial charge in [-0.15, -0.1) is 0 Å². The quantitative estimate of drug-likeness (QED) is 0.784. The number of nitrogens with zero attached hydrogens (tertiary/aromatic N) is 1. The van der Waals surface area contributed by atoms with E-state index in [1.807, 2.05) is 0 Å². The number of likely N-dealkylation sites (N-methyl/N-ethyl adjacent to an activating group) is 1. The average molecular weight is 230 g/mol. The molecule has 0 spiro atoms. The third-order valence-electron chi connectivity index (χ3n) is 3.55. The zero-order chi connectivity index (χ0) is 12.4. The summed E-state index contributed by atoms with van der Waals surface area (Å²) in [6, 6.07) is 0.853. The predicted octanol–water partition coefficient (Wildman–Crippen LogP) is 2.83. The van der Waals surface area contributed by atoms with Crippen LogP contribution in [0.15, 0.2) is 47.9 Å². The molecule has 0 amide bonds. The molecule has 92 valence electrons. The van der Waals surface area contributed by atoms with Crippen molar-refractivity contribution in [1.82, 2.24) is 10.2 Å². The summed E-state index contributed by atoms with van der Waals surface area (Å²) in [6.45, 7) is 6.60. The Morgan fingerprint density at radius 2 is 1.82 bits per heavy atom. The van der Waals surface area contributed by atoms with Crippen LogP contribution in [-0.4, -0.2) is 24.0 Å². The summed E-state index contributed by atoms with van der Waals surface area (Å²) in [5.41, 5.74) is 1.31. The first-order valence-electron chi connectivity index (χ1n) is 6.33. The molecular weight excluding hydrogens is 208 g/mol. The van der Waals surface area contributed by atoms with E-state index in [-0.39, 0.29) is 0 Å². The highest BCUT2D eigenvalue weighted by atomic mass is 15.3. The molecule has 0 saturated heterocycles. The van der Waals surface area contributed by atoms with Crippen molar-refractivity contribution in [2.24, 2.45) is 5.92 Å². The Labute approximate surface area is 104 Å². The van der Waals surface area contributed by atoms with Gasteiger partial charge >= 0.3 is 0 Å². The summed E-state index contributed by atoms with van der Waals surface area (Å²) < 4.78 is 0. The Bertz CT molecular complexity index is 401. The lowest BCUT2D eigenvalue weighted by atomic mass is 9.95. The van der Waals surface area contributed by atoms with Gasteiger partial charge in [-0.1, -0.05) is 43.4 Å². The van der Waals surface area contributed by atoms with Crippen LogP contribution >= 0.6 is 0 Å². The van der Waals surface area contributed by atoms with E-state index in [0.717, 1.165) is 0 Å². The molecule has 2 rings (SSSR count). The van der Waals surface area contributed by atoms with E-state index < -0.39 is 0 Å². The number of allylic oxidation sites excluding steroid dienone is 4. The summed E-state index contributed by atoms with van der Waals surface area (Å²) >= 11 is 0. The number of hydrogen-bond donors (Lipinski definition) is 1. The molecule has 1 aliphatic carbocycles. The molecule has 2 nitrogen and oxygen atoms in total. The first-order chi connectivity index (χ1) is 8.09. The van der Waals surface area contributed by atoms with E-state index in [4.69, 9.17) is 0 Å². The maximum atomic E-state index is 3.54. The lowest BCUT2D eigenvalue weighted by molar-refractivity contribution is 0.276. The Hall–Kier alpha value is -1.44. The van der Waals surface area contributed by atoms with E-state index in [1.165, 1.54) is 11.4 Å². The van der Waals surface area contributed by atoms with Crippen LogP contribution in [0.3, 0.4) is 0 Å². The zero-order valence-electron chi connectivity index (χ0n) is 11.1. The second-order valence-electron chi connectivity index (χ2n) is 5.05. The van der Waals surface area contributed by atoms with Gasteiger partial charge in [-0.2, -0.15) is 0 Å². The smallest absolute Gasteiger partial charge is 0.105 e. The monoisotopic (exact) mass is 230 g/mol. The first-order valence-corrected chi connectivity index (χ1v) is 6.33. The molecule has 0 radical (unpaired) electrons. The predicted molar refractivity (Wildman–Crippen MR) is 73.4 cm³/mol. The molecule has 1 heterocycles. The summed E-state index contributed by atoms with van der Waals surface area (Å²) in [5, 5.41) is 3.54. The van der Waals surface area contributed by atoms with Gasteiger partial charge in [0.1, 0.15) is 5.82 Å². The normalized spacial score (nSPS) is 31.6. The minimum absolute atomic E-state index is 0.412. The number of rotatable bonds is 2. The molecule has 2 heteroatoms. The van der Waals surface area contributed by atoms with E-state index in [0.29, 0.717) is 18.0 Å². The van der Waals surface area contributed by atoms with Crippen LogP contribution in [0.5, 0.6) is 0 Å².